The maximum Gasteiger partial charge on any atom is 0.409 e. The van der Waals surface area contributed by atoms with Crippen LogP contribution in [0, 0.1) is 5.92 Å². The highest BCUT2D eigenvalue weighted by atomic mass is 32.1. The SMILES string of the molecule is O=C(O)c1csc(CC2CCN(C(=O)OCC3c4ccccc4-c4ccccc43)CC2)n1. The molecule has 1 aliphatic heterocycles. The minimum Gasteiger partial charge on any atom is -0.476 e. The highest BCUT2D eigenvalue weighted by molar-refractivity contribution is 7.09. The number of hydrogen-bond donors (Lipinski definition) is 1. The normalized spacial score (nSPS) is 15.9. The summed E-state index contributed by atoms with van der Waals surface area (Å²) in [5, 5.41) is 11.5. The maximum atomic E-state index is 12.8. The third-order valence-electron chi connectivity index (χ3n) is 6.44. The Kier molecular flexibility index (Phi) is 5.66. The zero-order chi connectivity index (χ0) is 22.1. The van der Waals surface area contributed by atoms with Crippen LogP contribution in [0.1, 0.15) is 45.4 Å². The van der Waals surface area contributed by atoms with Gasteiger partial charge in [-0.15, -0.1) is 11.3 Å². The van der Waals surface area contributed by atoms with E-state index in [4.69, 9.17) is 9.84 Å². The number of likely N-dealkylation sites (tertiary alicyclic amines) is 1. The van der Waals surface area contributed by atoms with E-state index in [9.17, 15) is 9.59 Å². The molecule has 3 aromatic rings. The molecular formula is C25H24N2O4S. The molecule has 2 heterocycles. The number of aromatic nitrogens is 1. The summed E-state index contributed by atoms with van der Waals surface area (Å²) in [6, 6.07) is 16.6. The van der Waals surface area contributed by atoms with Gasteiger partial charge in [0.2, 0.25) is 0 Å². The van der Waals surface area contributed by atoms with Crippen molar-refractivity contribution in [3.8, 4) is 11.1 Å². The van der Waals surface area contributed by atoms with Crippen molar-refractivity contribution in [2.45, 2.75) is 25.2 Å². The lowest BCUT2D eigenvalue weighted by atomic mass is 9.94. The molecule has 1 fully saturated rings. The largest absolute Gasteiger partial charge is 0.476 e. The molecule has 0 bridgehead atoms. The number of amides is 1. The standard InChI is InChI=1S/C25H24N2O4S/c28-24(29)22-15-32-23(26-22)13-16-9-11-27(12-10-16)25(30)31-14-21-19-7-3-1-5-17(19)18-6-2-4-8-20(18)21/h1-8,15-16,21H,9-14H2,(H,28,29). The molecule has 0 atom stereocenters. The Morgan fingerprint density at radius 2 is 1.66 bits per heavy atom. The Bertz CT molecular complexity index is 1100. The molecular weight excluding hydrogens is 424 g/mol. The van der Waals surface area contributed by atoms with Crippen LogP contribution in [0.3, 0.4) is 0 Å². The van der Waals surface area contributed by atoms with Gasteiger partial charge in [-0.2, -0.15) is 0 Å². The number of fused-ring (bicyclic) bond motifs is 3. The van der Waals surface area contributed by atoms with Crippen molar-refractivity contribution in [1.82, 2.24) is 9.88 Å². The number of carboxylic acid groups (broad SMARTS) is 1. The number of carbonyl (C=O) groups is 2. The van der Waals surface area contributed by atoms with E-state index >= 15 is 0 Å². The van der Waals surface area contributed by atoms with Gasteiger partial charge in [-0.3, -0.25) is 0 Å². The number of aromatic carboxylic acids is 1. The lowest BCUT2D eigenvalue weighted by molar-refractivity contribution is 0.0690. The number of ether oxygens (including phenoxy) is 1. The monoisotopic (exact) mass is 448 g/mol. The molecule has 0 radical (unpaired) electrons. The van der Waals surface area contributed by atoms with Crippen LogP contribution in [0.5, 0.6) is 0 Å². The Hall–Kier alpha value is -3.19. The fraction of sp³-hybridized carbons (Fsp3) is 0.320. The highest BCUT2D eigenvalue weighted by Crippen LogP contribution is 2.44. The Morgan fingerprint density at radius 3 is 2.25 bits per heavy atom. The minimum absolute atomic E-state index is 0.0669. The van der Waals surface area contributed by atoms with E-state index < -0.39 is 5.97 Å². The van der Waals surface area contributed by atoms with E-state index in [1.54, 1.807) is 10.3 Å². The summed E-state index contributed by atoms with van der Waals surface area (Å²) >= 11 is 1.39. The van der Waals surface area contributed by atoms with Gasteiger partial charge in [-0.05, 0) is 41.0 Å². The van der Waals surface area contributed by atoms with Crippen LogP contribution in [-0.2, 0) is 11.2 Å². The van der Waals surface area contributed by atoms with Crippen molar-refractivity contribution < 1.29 is 19.4 Å². The van der Waals surface area contributed by atoms with Crippen LogP contribution in [-0.4, -0.2) is 46.7 Å². The van der Waals surface area contributed by atoms with Gasteiger partial charge >= 0.3 is 12.1 Å². The number of nitrogens with zero attached hydrogens (tertiary/aromatic N) is 2. The van der Waals surface area contributed by atoms with Crippen molar-refractivity contribution in [3.63, 3.8) is 0 Å². The number of carbonyl (C=O) groups excluding carboxylic acids is 1. The van der Waals surface area contributed by atoms with Gasteiger partial charge < -0.3 is 14.7 Å². The molecule has 1 saturated heterocycles. The maximum absolute atomic E-state index is 12.8. The molecule has 6 nitrogen and oxygen atoms in total. The van der Waals surface area contributed by atoms with Gasteiger partial charge in [-0.25, -0.2) is 14.6 Å². The van der Waals surface area contributed by atoms with E-state index in [1.165, 1.54) is 33.6 Å². The summed E-state index contributed by atoms with van der Waals surface area (Å²) < 4.78 is 5.77. The zero-order valence-corrected chi connectivity index (χ0v) is 18.4. The predicted octanol–water partition coefficient (Wildman–Crippen LogP) is 5.04. The van der Waals surface area contributed by atoms with Crippen molar-refractivity contribution in [2.75, 3.05) is 19.7 Å². The van der Waals surface area contributed by atoms with Crippen molar-refractivity contribution in [3.05, 3.63) is 75.7 Å². The molecule has 2 aromatic carbocycles. The van der Waals surface area contributed by atoms with Crippen molar-refractivity contribution in [2.24, 2.45) is 5.92 Å². The first-order valence-corrected chi connectivity index (χ1v) is 11.8. The summed E-state index contributed by atoms with van der Waals surface area (Å²) in [4.78, 5) is 29.7. The number of thiazole rings is 1. The molecule has 1 aliphatic carbocycles. The van der Waals surface area contributed by atoms with Crippen LogP contribution < -0.4 is 0 Å². The van der Waals surface area contributed by atoms with E-state index in [1.807, 2.05) is 24.3 Å². The molecule has 0 spiro atoms. The first kappa shape index (κ1) is 20.7. The lowest BCUT2D eigenvalue weighted by Gasteiger charge is -2.31. The first-order chi connectivity index (χ1) is 15.6. The summed E-state index contributed by atoms with van der Waals surface area (Å²) in [5.74, 6) is -0.518. The van der Waals surface area contributed by atoms with Crippen molar-refractivity contribution >= 4 is 23.4 Å². The molecule has 0 unspecified atom stereocenters. The molecule has 32 heavy (non-hydrogen) atoms. The summed E-state index contributed by atoms with van der Waals surface area (Å²) in [6.45, 7) is 1.64. The molecule has 1 aromatic heterocycles. The molecule has 164 valence electrons. The Balaban J connectivity index is 1.16. The topological polar surface area (TPSA) is 79.7 Å². The molecule has 1 N–H and O–H groups in total. The number of hydrogen-bond acceptors (Lipinski definition) is 5. The fourth-order valence-corrected chi connectivity index (χ4v) is 5.64. The molecule has 0 saturated carbocycles. The van der Waals surface area contributed by atoms with Crippen LogP contribution in [0.4, 0.5) is 4.79 Å². The lowest BCUT2D eigenvalue weighted by Crippen LogP contribution is -2.39. The number of rotatable bonds is 5. The van der Waals surface area contributed by atoms with Crippen LogP contribution in [0.2, 0.25) is 0 Å². The summed E-state index contributed by atoms with van der Waals surface area (Å²) in [7, 11) is 0. The van der Waals surface area contributed by atoms with Gasteiger partial charge in [0.1, 0.15) is 6.61 Å². The number of carboxylic acids is 1. The number of benzene rings is 2. The van der Waals surface area contributed by atoms with E-state index in [0.29, 0.717) is 25.6 Å². The van der Waals surface area contributed by atoms with Crippen LogP contribution in [0.15, 0.2) is 53.9 Å². The molecule has 5 rings (SSSR count). The van der Waals surface area contributed by atoms with Crippen LogP contribution >= 0.6 is 11.3 Å². The third kappa shape index (κ3) is 4.00. The van der Waals surface area contributed by atoms with Crippen molar-refractivity contribution in [1.29, 1.82) is 0 Å². The smallest absolute Gasteiger partial charge is 0.409 e. The summed E-state index contributed by atoms with van der Waals surface area (Å²) in [6.07, 6.45) is 2.24. The number of piperidine rings is 1. The van der Waals surface area contributed by atoms with Gasteiger partial charge in [0, 0.05) is 30.8 Å². The second-order valence-corrected chi connectivity index (χ2v) is 9.31. The first-order valence-electron chi connectivity index (χ1n) is 10.9. The molecule has 1 amide bonds. The average molecular weight is 449 g/mol. The summed E-state index contributed by atoms with van der Waals surface area (Å²) in [5.41, 5.74) is 4.98. The van der Waals surface area contributed by atoms with Gasteiger partial charge in [0.05, 0.1) is 5.01 Å². The quantitative estimate of drug-likeness (QED) is 0.591. The van der Waals surface area contributed by atoms with Gasteiger partial charge in [-0.1, -0.05) is 48.5 Å². The van der Waals surface area contributed by atoms with Gasteiger partial charge in [0.25, 0.3) is 0 Å². The van der Waals surface area contributed by atoms with Gasteiger partial charge in [0.15, 0.2) is 5.69 Å². The second-order valence-electron chi connectivity index (χ2n) is 8.37. The molecule has 2 aliphatic rings. The second kappa shape index (κ2) is 8.74. The highest BCUT2D eigenvalue weighted by Gasteiger charge is 2.30. The third-order valence-corrected chi connectivity index (χ3v) is 7.31. The fourth-order valence-electron chi connectivity index (χ4n) is 4.75. The zero-order valence-electron chi connectivity index (χ0n) is 17.6. The van der Waals surface area contributed by atoms with E-state index in [0.717, 1.165) is 24.3 Å². The molecule has 7 heteroatoms. The Morgan fingerprint density at radius 1 is 1.03 bits per heavy atom. The predicted molar refractivity (Wildman–Crippen MR) is 122 cm³/mol. The van der Waals surface area contributed by atoms with Crippen LogP contribution in [0.25, 0.3) is 11.1 Å². The average Bonchev–Trinajstić information content (AvgIpc) is 3.41. The van der Waals surface area contributed by atoms with E-state index in [2.05, 4.69) is 29.2 Å². The van der Waals surface area contributed by atoms with E-state index in [-0.39, 0.29) is 17.7 Å². The Labute approximate surface area is 190 Å². The minimum atomic E-state index is -0.988.